The van der Waals surface area contributed by atoms with E-state index in [2.05, 4.69) is 21.8 Å². The Kier molecular flexibility index (Phi) is 4.83. The highest BCUT2D eigenvalue weighted by atomic mass is 19.1. The van der Waals surface area contributed by atoms with Crippen LogP contribution in [0, 0.1) is 5.82 Å². The van der Waals surface area contributed by atoms with Gasteiger partial charge in [0.2, 0.25) is 0 Å². The molecule has 28 heavy (non-hydrogen) atoms. The molecule has 7 heteroatoms. The van der Waals surface area contributed by atoms with Gasteiger partial charge in [-0.25, -0.2) is 9.37 Å². The standard InChI is InChI=1S/C21H21FN4O2/c1-2-8-23-10-15-13-25(12-14-3-5-16(22)6-4-14)18-11-24-20-17(19(15)18)7-9-26(28)21(20)27/h3-7,9,11,13,23,28H,2,8,10,12H2,1H3. The summed E-state index contributed by atoms with van der Waals surface area (Å²) in [5.41, 5.74) is 2.59. The Morgan fingerprint density at radius 3 is 2.75 bits per heavy atom. The first kappa shape index (κ1) is 18.2. The maximum atomic E-state index is 13.2. The van der Waals surface area contributed by atoms with Gasteiger partial charge in [-0.05, 0) is 42.3 Å². The summed E-state index contributed by atoms with van der Waals surface area (Å²) >= 11 is 0. The molecule has 0 spiro atoms. The molecule has 6 nitrogen and oxygen atoms in total. The molecule has 2 N–H and O–H groups in total. The molecule has 144 valence electrons. The molecule has 0 bridgehead atoms. The molecule has 0 fully saturated rings. The van der Waals surface area contributed by atoms with Gasteiger partial charge in [0.1, 0.15) is 11.3 Å². The minimum absolute atomic E-state index is 0.230. The smallest absolute Gasteiger partial charge is 0.309 e. The molecule has 0 aliphatic rings. The minimum Gasteiger partial charge on any atom is -0.425 e. The van der Waals surface area contributed by atoms with E-state index >= 15 is 0 Å². The first-order valence-electron chi connectivity index (χ1n) is 9.25. The average molecular weight is 380 g/mol. The van der Waals surface area contributed by atoms with Crippen molar-refractivity contribution in [3.63, 3.8) is 0 Å². The van der Waals surface area contributed by atoms with Gasteiger partial charge in [-0.1, -0.05) is 19.1 Å². The summed E-state index contributed by atoms with van der Waals surface area (Å²) in [5.74, 6) is -0.265. The van der Waals surface area contributed by atoms with E-state index < -0.39 is 5.56 Å². The average Bonchev–Trinajstić information content (AvgIpc) is 3.04. The van der Waals surface area contributed by atoms with Crippen LogP contribution in [0.3, 0.4) is 0 Å². The highest BCUT2D eigenvalue weighted by Crippen LogP contribution is 2.28. The normalized spacial score (nSPS) is 11.5. The summed E-state index contributed by atoms with van der Waals surface area (Å²) in [7, 11) is 0. The summed E-state index contributed by atoms with van der Waals surface area (Å²) in [6.45, 7) is 4.21. The molecular weight excluding hydrogens is 359 g/mol. The molecule has 0 atom stereocenters. The fourth-order valence-electron chi connectivity index (χ4n) is 3.50. The molecule has 0 saturated carbocycles. The third-order valence-electron chi connectivity index (χ3n) is 4.84. The van der Waals surface area contributed by atoms with Crippen LogP contribution in [0.25, 0.3) is 21.8 Å². The summed E-state index contributed by atoms with van der Waals surface area (Å²) in [4.78, 5) is 16.6. The van der Waals surface area contributed by atoms with Crippen molar-refractivity contribution in [3.8, 4) is 0 Å². The Balaban J connectivity index is 1.88. The fraction of sp³-hybridized carbons (Fsp3) is 0.238. The van der Waals surface area contributed by atoms with Gasteiger partial charge in [-0.15, -0.1) is 0 Å². The van der Waals surface area contributed by atoms with Crippen LogP contribution in [0.2, 0.25) is 0 Å². The van der Waals surface area contributed by atoms with Crippen molar-refractivity contribution in [1.29, 1.82) is 0 Å². The Morgan fingerprint density at radius 1 is 1.21 bits per heavy atom. The monoisotopic (exact) mass is 380 g/mol. The second-order valence-corrected chi connectivity index (χ2v) is 6.83. The lowest BCUT2D eigenvalue weighted by molar-refractivity contribution is 0.176. The number of pyridine rings is 2. The quantitative estimate of drug-likeness (QED) is 0.398. The first-order chi connectivity index (χ1) is 13.6. The molecule has 3 heterocycles. The number of aromatic nitrogens is 3. The van der Waals surface area contributed by atoms with Crippen LogP contribution in [0.1, 0.15) is 24.5 Å². The largest absolute Gasteiger partial charge is 0.425 e. The van der Waals surface area contributed by atoms with E-state index in [1.54, 1.807) is 24.4 Å². The Morgan fingerprint density at radius 2 is 2.00 bits per heavy atom. The molecular formula is C21H21FN4O2. The Hall–Kier alpha value is -3.19. The van der Waals surface area contributed by atoms with Crippen molar-refractivity contribution < 1.29 is 9.60 Å². The van der Waals surface area contributed by atoms with Crippen LogP contribution in [0.15, 0.2) is 53.7 Å². The summed E-state index contributed by atoms with van der Waals surface area (Å²) in [5, 5.41) is 14.7. The van der Waals surface area contributed by atoms with Crippen molar-refractivity contribution in [1.82, 2.24) is 19.6 Å². The van der Waals surface area contributed by atoms with Crippen molar-refractivity contribution in [3.05, 3.63) is 76.2 Å². The van der Waals surface area contributed by atoms with Gasteiger partial charge in [0.15, 0.2) is 0 Å². The first-order valence-corrected chi connectivity index (χ1v) is 9.25. The highest BCUT2D eigenvalue weighted by Gasteiger charge is 2.15. The predicted molar refractivity (Wildman–Crippen MR) is 106 cm³/mol. The molecule has 0 aliphatic heterocycles. The predicted octanol–water partition coefficient (Wildman–Crippen LogP) is 3.28. The van der Waals surface area contributed by atoms with Crippen LogP contribution in [-0.4, -0.2) is 26.0 Å². The minimum atomic E-state index is -0.543. The Labute approximate surface area is 160 Å². The molecule has 4 rings (SSSR count). The number of fused-ring (bicyclic) bond motifs is 3. The lowest BCUT2D eigenvalue weighted by Crippen LogP contribution is -2.18. The van der Waals surface area contributed by atoms with Crippen molar-refractivity contribution in [2.24, 2.45) is 0 Å². The van der Waals surface area contributed by atoms with Crippen molar-refractivity contribution in [2.75, 3.05) is 6.54 Å². The zero-order valence-electron chi connectivity index (χ0n) is 15.5. The molecule has 0 amide bonds. The number of benzene rings is 1. The molecule has 0 radical (unpaired) electrons. The SMILES string of the molecule is CCCNCc1cn(Cc2ccc(F)cc2)c2cnc3c(=O)n(O)ccc3c12. The number of halogens is 1. The van der Waals surface area contributed by atoms with Crippen LogP contribution in [0.4, 0.5) is 4.39 Å². The molecule has 4 aromatic rings. The van der Waals surface area contributed by atoms with E-state index in [0.717, 1.165) is 35.0 Å². The van der Waals surface area contributed by atoms with Gasteiger partial charge in [-0.3, -0.25) is 4.79 Å². The van der Waals surface area contributed by atoms with E-state index in [1.807, 2.05) is 6.20 Å². The number of nitrogens with zero attached hydrogens (tertiary/aromatic N) is 3. The number of hydrogen-bond acceptors (Lipinski definition) is 4. The van der Waals surface area contributed by atoms with Crippen molar-refractivity contribution >= 4 is 21.8 Å². The number of rotatable bonds is 6. The maximum absolute atomic E-state index is 13.2. The van der Waals surface area contributed by atoms with E-state index in [1.165, 1.54) is 18.3 Å². The van der Waals surface area contributed by atoms with Gasteiger partial charge in [0.05, 0.1) is 11.7 Å². The summed E-state index contributed by atoms with van der Waals surface area (Å²) in [6, 6.07) is 8.12. The van der Waals surface area contributed by atoms with Gasteiger partial charge in [0.25, 0.3) is 0 Å². The molecule has 3 aromatic heterocycles. The third-order valence-corrected chi connectivity index (χ3v) is 4.84. The molecule has 0 saturated heterocycles. The summed E-state index contributed by atoms with van der Waals surface area (Å²) in [6.07, 6.45) is 6.06. The van der Waals surface area contributed by atoms with E-state index in [-0.39, 0.29) is 11.3 Å². The van der Waals surface area contributed by atoms with Crippen molar-refractivity contribution in [2.45, 2.75) is 26.4 Å². The Bertz CT molecular complexity index is 1200. The fourth-order valence-corrected chi connectivity index (χ4v) is 3.50. The van der Waals surface area contributed by atoms with E-state index in [4.69, 9.17) is 0 Å². The van der Waals surface area contributed by atoms with E-state index in [9.17, 15) is 14.4 Å². The zero-order valence-corrected chi connectivity index (χ0v) is 15.5. The molecule has 1 aromatic carbocycles. The third kappa shape index (κ3) is 3.25. The van der Waals surface area contributed by atoms with Gasteiger partial charge in [0, 0.05) is 36.3 Å². The lowest BCUT2D eigenvalue weighted by Gasteiger charge is -2.07. The highest BCUT2D eigenvalue weighted by molar-refractivity contribution is 6.06. The molecule has 0 unspecified atom stereocenters. The second-order valence-electron chi connectivity index (χ2n) is 6.83. The topological polar surface area (TPSA) is 72.1 Å². The van der Waals surface area contributed by atoms with Crippen LogP contribution in [0.5, 0.6) is 0 Å². The van der Waals surface area contributed by atoms with Gasteiger partial charge in [-0.2, -0.15) is 4.73 Å². The number of nitrogens with one attached hydrogen (secondary N) is 1. The van der Waals surface area contributed by atoms with E-state index in [0.29, 0.717) is 23.2 Å². The van der Waals surface area contributed by atoms with Gasteiger partial charge < -0.3 is 15.1 Å². The summed E-state index contributed by atoms with van der Waals surface area (Å²) < 4.78 is 15.8. The van der Waals surface area contributed by atoms with Crippen LogP contribution in [-0.2, 0) is 13.1 Å². The van der Waals surface area contributed by atoms with Gasteiger partial charge >= 0.3 is 5.56 Å². The lowest BCUT2D eigenvalue weighted by atomic mass is 10.1. The molecule has 0 aliphatic carbocycles. The van der Waals surface area contributed by atoms with Crippen LogP contribution < -0.4 is 10.9 Å². The second kappa shape index (κ2) is 7.44. The number of hydrogen-bond donors (Lipinski definition) is 2. The van der Waals surface area contributed by atoms with Crippen LogP contribution >= 0.6 is 0 Å². The maximum Gasteiger partial charge on any atom is 0.309 e. The zero-order chi connectivity index (χ0) is 19.7.